The molecule has 19 heavy (non-hydrogen) atoms. The van der Waals surface area contributed by atoms with Crippen molar-refractivity contribution in [3.05, 3.63) is 35.1 Å². The van der Waals surface area contributed by atoms with Crippen molar-refractivity contribution in [2.75, 3.05) is 19.6 Å². The standard InChI is InChI=1S/C16H25FN2/c1-4-16(5-2)12-18-8-9-19(16)11-14-10-15(17)7-6-13(14)3/h6-7,10,18H,4-5,8-9,11-12H2,1-3H3. The van der Waals surface area contributed by atoms with Crippen molar-refractivity contribution in [1.29, 1.82) is 0 Å². The van der Waals surface area contributed by atoms with Gasteiger partial charge in [0.05, 0.1) is 0 Å². The molecule has 0 saturated carbocycles. The van der Waals surface area contributed by atoms with Gasteiger partial charge in [-0.05, 0) is 43.0 Å². The molecule has 1 heterocycles. The largest absolute Gasteiger partial charge is 0.314 e. The first-order valence-electron chi connectivity index (χ1n) is 7.32. The van der Waals surface area contributed by atoms with E-state index in [4.69, 9.17) is 0 Å². The van der Waals surface area contributed by atoms with Crippen LogP contribution >= 0.6 is 0 Å². The van der Waals surface area contributed by atoms with Crippen LogP contribution in [0.15, 0.2) is 18.2 Å². The monoisotopic (exact) mass is 264 g/mol. The number of nitrogens with zero attached hydrogens (tertiary/aromatic N) is 1. The van der Waals surface area contributed by atoms with E-state index in [0.29, 0.717) is 0 Å². The van der Waals surface area contributed by atoms with Gasteiger partial charge in [0.15, 0.2) is 0 Å². The van der Waals surface area contributed by atoms with Gasteiger partial charge >= 0.3 is 0 Å². The third-order valence-corrected chi connectivity index (χ3v) is 4.67. The first-order chi connectivity index (χ1) is 9.11. The second-order valence-electron chi connectivity index (χ2n) is 5.60. The van der Waals surface area contributed by atoms with Gasteiger partial charge < -0.3 is 5.32 Å². The van der Waals surface area contributed by atoms with Crippen molar-refractivity contribution >= 4 is 0 Å². The molecule has 0 radical (unpaired) electrons. The maximum atomic E-state index is 13.4. The van der Waals surface area contributed by atoms with Crippen molar-refractivity contribution in [2.24, 2.45) is 0 Å². The van der Waals surface area contributed by atoms with Gasteiger partial charge in [-0.15, -0.1) is 0 Å². The smallest absolute Gasteiger partial charge is 0.123 e. The molecule has 0 amide bonds. The summed E-state index contributed by atoms with van der Waals surface area (Å²) < 4.78 is 13.4. The number of benzene rings is 1. The van der Waals surface area contributed by atoms with E-state index in [9.17, 15) is 4.39 Å². The Morgan fingerprint density at radius 1 is 1.32 bits per heavy atom. The summed E-state index contributed by atoms with van der Waals surface area (Å²) in [6.45, 7) is 10.5. The van der Waals surface area contributed by atoms with Crippen molar-refractivity contribution in [3.63, 3.8) is 0 Å². The highest BCUT2D eigenvalue weighted by atomic mass is 19.1. The summed E-state index contributed by atoms with van der Waals surface area (Å²) in [4.78, 5) is 2.53. The average molecular weight is 264 g/mol. The molecule has 1 aromatic carbocycles. The van der Waals surface area contributed by atoms with Gasteiger partial charge in [-0.1, -0.05) is 19.9 Å². The lowest BCUT2D eigenvalue weighted by atomic mass is 9.88. The summed E-state index contributed by atoms with van der Waals surface area (Å²) in [6, 6.07) is 5.11. The molecule has 1 aliphatic rings. The SMILES string of the molecule is CCC1(CC)CNCCN1Cc1cc(F)ccc1C. The van der Waals surface area contributed by atoms with E-state index < -0.39 is 0 Å². The minimum absolute atomic E-state index is 0.130. The van der Waals surface area contributed by atoms with E-state index in [1.54, 1.807) is 12.1 Å². The van der Waals surface area contributed by atoms with Gasteiger partial charge in [0.1, 0.15) is 5.82 Å². The van der Waals surface area contributed by atoms with Crippen LogP contribution in [0.4, 0.5) is 4.39 Å². The fraction of sp³-hybridized carbons (Fsp3) is 0.625. The van der Waals surface area contributed by atoms with Crippen LogP contribution < -0.4 is 5.32 Å². The zero-order valence-corrected chi connectivity index (χ0v) is 12.3. The Morgan fingerprint density at radius 3 is 2.74 bits per heavy atom. The third-order valence-electron chi connectivity index (χ3n) is 4.67. The number of hydrogen-bond acceptors (Lipinski definition) is 2. The zero-order chi connectivity index (χ0) is 13.9. The molecule has 0 atom stereocenters. The summed E-state index contributed by atoms with van der Waals surface area (Å²) in [7, 11) is 0. The molecule has 2 rings (SSSR count). The number of rotatable bonds is 4. The molecule has 0 aromatic heterocycles. The highest BCUT2D eigenvalue weighted by molar-refractivity contribution is 5.26. The number of hydrogen-bond donors (Lipinski definition) is 1. The maximum Gasteiger partial charge on any atom is 0.123 e. The number of aryl methyl sites for hydroxylation is 1. The number of piperazine rings is 1. The molecule has 0 spiro atoms. The Balaban J connectivity index is 2.22. The van der Waals surface area contributed by atoms with E-state index in [2.05, 4.69) is 31.0 Å². The molecule has 0 unspecified atom stereocenters. The van der Waals surface area contributed by atoms with E-state index >= 15 is 0 Å². The molecule has 0 aliphatic carbocycles. The Labute approximate surface area is 116 Å². The summed E-state index contributed by atoms with van der Waals surface area (Å²) in [6.07, 6.45) is 2.26. The molecule has 106 valence electrons. The maximum absolute atomic E-state index is 13.4. The predicted molar refractivity (Wildman–Crippen MR) is 77.7 cm³/mol. The van der Waals surface area contributed by atoms with Crippen molar-refractivity contribution in [3.8, 4) is 0 Å². The van der Waals surface area contributed by atoms with Gasteiger partial charge in [0.2, 0.25) is 0 Å². The van der Waals surface area contributed by atoms with Crippen LogP contribution in [-0.4, -0.2) is 30.1 Å². The van der Waals surface area contributed by atoms with Crippen LogP contribution in [0.5, 0.6) is 0 Å². The second-order valence-corrected chi connectivity index (χ2v) is 5.60. The van der Waals surface area contributed by atoms with Gasteiger partial charge in [-0.3, -0.25) is 4.90 Å². The lowest BCUT2D eigenvalue weighted by molar-refractivity contribution is 0.0445. The van der Waals surface area contributed by atoms with Crippen LogP contribution in [0.2, 0.25) is 0 Å². The minimum Gasteiger partial charge on any atom is -0.314 e. The van der Waals surface area contributed by atoms with Crippen LogP contribution in [0.3, 0.4) is 0 Å². The summed E-state index contributed by atoms with van der Waals surface area (Å²) in [5.41, 5.74) is 2.52. The van der Waals surface area contributed by atoms with Crippen molar-refractivity contribution in [2.45, 2.75) is 45.7 Å². The topological polar surface area (TPSA) is 15.3 Å². The molecular weight excluding hydrogens is 239 g/mol. The quantitative estimate of drug-likeness (QED) is 0.899. The van der Waals surface area contributed by atoms with Gasteiger partial charge in [0, 0.05) is 31.7 Å². The van der Waals surface area contributed by atoms with Gasteiger partial charge in [-0.25, -0.2) is 4.39 Å². The van der Waals surface area contributed by atoms with E-state index in [0.717, 1.165) is 44.6 Å². The van der Waals surface area contributed by atoms with Crippen LogP contribution in [0.25, 0.3) is 0 Å². The zero-order valence-electron chi connectivity index (χ0n) is 12.3. The second kappa shape index (κ2) is 6.02. The fourth-order valence-electron chi connectivity index (χ4n) is 3.09. The molecule has 0 bridgehead atoms. The fourth-order valence-corrected chi connectivity index (χ4v) is 3.09. The average Bonchev–Trinajstić information content (AvgIpc) is 2.44. The first kappa shape index (κ1) is 14.5. The molecule has 1 aromatic rings. The third kappa shape index (κ3) is 2.98. The molecule has 1 fully saturated rings. The Morgan fingerprint density at radius 2 is 2.05 bits per heavy atom. The van der Waals surface area contributed by atoms with Gasteiger partial charge in [-0.2, -0.15) is 0 Å². The lowest BCUT2D eigenvalue weighted by Crippen LogP contribution is -2.60. The lowest BCUT2D eigenvalue weighted by Gasteiger charge is -2.47. The summed E-state index contributed by atoms with van der Waals surface area (Å²) in [5, 5.41) is 3.50. The molecule has 1 saturated heterocycles. The van der Waals surface area contributed by atoms with Gasteiger partial charge in [0.25, 0.3) is 0 Å². The molecular formula is C16H25FN2. The summed E-state index contributed by atoms with van der Waals surface area (Å²) in [5.74, 6) is -0.130. The normalized spacial score (nSPS) is 19.6. The van der Waals surface area contributed by atoms with E-state index in [1.807, 2.05) is 6.07 Å². The summed E-state index contributed by atoms with van der Waals surface area (Å²) >= 11 is 0. The van der Waals surface area contributed by atoms with E-state index in [1.165, 1.54) is 5.56 Å². The van der Waals surface area contributed by atoms with Crippen LogP contribution in [-0.2, 0) is 6.54 Å². The molecule has 1 N–H and O–H groups in total. The van der Waals surface area contributed by atoms with Crippen molar-refractivity contribution in [1.82, 2.24) is 10.2 Å². The van der Waals surface area contributed by atoms with Crippen molar-refractivity contribution < 1.29 is 4.39 Å². The Kier molecular flexibility index (Phi) is 4.58. The molecule has 3 heteroatoms. The predicted octanol–water partition coefficient (Wildman–Crippen LogP) is 3.10. The molecule has 1 aliphatic heterocycles. The van der Waals surface area contributed by atoms with E-state index in [-0.39, 0.29) is 11.4 Å². The van der Waals surface area contributed by atoms with Crippen LogP contribution in [0, 0.1) is 12.7 Å². The Bertz CT molecular complexity index is 427. The van der Waals surface area contributed by atoms with Crippen LogP contribution in [0.1, 0.15) is 37.8 Å². The Hall–Kier alpha value is -0.930. The number of halogens is 1. The molecule has 2 nitrogen and oxygen atoms in total. The first-order valence-corrected chi connectivity index (χ1v) is 7.32. The minimum atomic E-state index is -0.130. The number of nitrogens with one attached hydrogen (secondary N) is 1. The highest BCUT2D eigenvalue weighted by Gasteiger charge is 2.35. The highest BCUT2D eigenvalue weighted by Crippen LogP contribution is 2.28.